The minimum absolute atomic E-state index is 0.761. The molecule has 0 aliphatic carbocycles. The molecule has 0 bridgehead atoms. The molecule has 0 N–H and O–H groups in total. The fourth-order valence-electron chi connectivity index (χ4n) is 1.86. The summed E-state index contributed by atoms with van der Waals surface area (Å²) in [5.74, 6) is 0.949. The van der Waals surface area contributed by atoms with Crippen molar-refractivity contribution in [3.05, 3.63) is 28.8 Å². The van der Waals surface area contributed by atoms with Gasteiger partial charge in [-0.1, -0.05) is 66.6 Å². The van der Waals surface area contributed by atoms with Gasteiger partial charge in [0.1, 0.15) is 5.75 Å². The van der Waals surface area contributed by atoms with Gasteiger partial charge in [0, 0.05) is 15.9 Å². The Morgan fingerprint density at radius 1 is 1.11 bits per heavy atom. The monoisotopic (exact) mass is 332 g/mol. The van der Waals surface area contributed by atoms with Crippen molar-refractivity contribution in [3.8, 4) is 5.75 Å². The summed E-state index contributed by atoms with van der Waals surface area (Å²) in [5, 5.41) is 1.54. The number of rotatable bonds is 9. The zero-order valence-corrected chi connectivity index (χ0v) is 13.4. The highest BCUT2D eigenvalue weighted by molar-refractivity contribution is 9.08. The summed E-state index contributed by atoms with van der Waals surface area (Å²) < 4.78 is 5.80. The summed E-state index contributed by atoms with van der Waals surface area (Å²) in [6.07, 6.45) is 7.72. The Labute approximate surface area is 124 Å². The first-order valence-electron chi connectivity index (χ1n) is 6.75. The molecule has 0 aromatic heterocycles. The highest BCUT2D eigenvalue weighted by atomic mass is 79.9. The van der Waals surface area contributed by atoms with Gasteiger partial charge in [-0.05, 0) is 24.6 Å². The highest BCUT2D eigenvalue weighted by Crippen LogP contribution is 2.25. The van der Waals surface area contributed by atoms with Crippen molar-refractivity contribution in [1.82, 2.24) is 0 Å². The molecule has 0 unspecified atom stereocenters. The fourth-order valence-corrected chi connectivity index (χ4v) is 2.49. The first-order valence-corrected chi connectivity index (χ1v) is 8.25. The molecule has 0 aliphatic rings. The topological polar surface area (TPSA) is 9.23 Å². The van der Waals surface area contributed by atoms with Crippen LogP contribution >= 0.6 is 27.5 Å². The van der Waals surface area contributed by atoms with Crippen LogP contribution in [0.1, 0.15) is 51.0 Å². The molecule has 0 atom stereocenters. The molecule has 3 heteroatoms. The van der Waals surface area contributed by atoms with E-state index in [1.165, 1.54) is 32.1 Å². The van der Waals surface area contributed by atoms with Crippen LogP contribution < -0.4 is 4.74 Å². The summed E-state index contributed by atoms with van der Waals surface area (Å²) in [6.45, 7) is 3.04. The van der Waals surface area contributed by atoms with E-state index in [9.17, 15) is 0 Å². The molecule has 0 fully saturated rings. The minimum atomic E-state index is 0.761. The van der Waals surface area contributed by atoms with Crippen LogP contribution in [0.2, 0.25) is 5.02 Å². The fraction of sp³-hybridized carbons (Fsp3) is 0.600. The van der Waals surface area contributed by atoms with Crippen LogP contribution in [-0.4, -0.2) is 6.61 Å². The third-order valence-corrected chi connectivity index (χ3v) is 3.76. The minimum Gasteiger partial charge on any atom is -0.493 e. The lowest BCUT2D eigenvalue weighted by Crippen LogP contribution is -1.99. The van der Waals surface area contributed by atoms with Gasteiger partial charge in [0.05, 0.1) is 6.61 Å². The molecular formula is C15H22BrClO. The maximum absolute atomic E-state index is 5.95. The lowest BCUT2D eigenvalue weighted by molar-refractivity contribution is 0.302. The molecule has 1 nitrogen and oxygen atoms in total. The number of halogens is 2. The molecule has 0 spiro atoms. The van der Waals surface area contributed by atoms with Gasteiger partial charge >= 0.3 is 0 Å². The summed E-state index contributed by atoms with van der Waals surface area (Å²) in [6, 6.07) is 5.78. The number of hydrogen-bond acceptors (Lipinski definition) is 1. The second-order valence-corrected chi connectivity index (χ2v) is 5.50. The van der Waals surface area contributed by atoms with E-state index in [2.05, 4.69) is 22.9 Å². The van der Waals surface area contributed by atoms with Gasteiger partial charge in [0.25, 0.3) is 0 Å². The molecule has 1 aromatic carbocycles. The van der Waals surface area contributed by atoms with Crippen LogP contribution in [0.3, 0.4) is 0 Å². The van der Waals surface area contributed by atoms with Crippen LogP contribution in [0, 0.1) is 0 Å². The standard InChI is InChI=1S/C15H22BrClO/c1-2-3-4-5-6-7-10-18-15-9-8-14(17)11-13(15)12-16/h8-9,11H,2-7,10,12H2,1H3. The van der Waals surface area contributed by atoms with Gasteiger partial charge in [0.15, 0.2) is 0 Å². The normalized spacial score (nSPS) is 10.6. The van der Waals surface area contributed by atoms with E-state index < -0.39 is 0 Å². The maximum Gasteiger partial charge on any atom is 0.123 e. The number of alkyl halides is 1. The van der Waals surface area contributed by atoms with E-state index in [1.54, 1.807) is 0 Å². The Morgan fingerprint density at radius 2 is 1.83 bits per heavy atom. The average Bonchev–Trinajstić information content (AvgIpc) is 2.39. The molecule has 1 aromatic rings. The van der Waals surface area contributed by atoms with Crippen LogP contribution in [0.5, 0.6) is 5.75 Å². The summed E-state index contributed by atoms with van der Waals surface area (Å²) in [4.78, 5) is 0. The molecular weight excluding hydrogens is 312 g/mol. The van der Waals surface area contributed by atoms with E-state index >= 15 is 0 Å². The van der Waals surface area contributed by atoms with Crippen molar-refractivity contribution < 1.29 is 4.74 Å². The third kappa shape index (κ3) is 6.10. The van der Waals surface area contributed by atoms with Gasteiger partial charge in [-0.2, -0.15) is 0 Å². The predicted octanol–water partition coefficient (Wildman–Crippen LogP) is 5.97. The van der Waals surface area contributed by atoms with E-state index in [0.29, 0.717) is 0 Å². The molecule has 18 heavy (non-hydrogen) atoms. The zero-order valence-electron chi connectivity index (χ0n) is 11.1. The summed E-state index contributed by atoms with van der Waals surface area (Å²) in [5.41, 5.74) is 1.12. The van der Waals surface area contributed by atoms with Gasteiger partial charge < -0.3 is 4.74 Å². The van der Waals surface area contributed by atoms with E-state index in [1.807, 2.05) is 18.2 Å². The van der Waals surface area contributed by atoms with Crippen molar-refractivity contribution in [1.29, 1.82) is 0 Å². The Kier molecular flexibility index (Phi) is 8.53. The second kappa shape index (κ2) is 9.69. The molecule has 0 heterocycles. The summed E-state index contributed by atoms with van der Waals surface area (Å²) >= 11 is 9.41. The number of ether oxygens (including phenoxy) is 1. The quantitative estimate of drug-likeness (QED) is 0.399. The lowest BCUT2D eigenvalue weighted by atomic mass is 10.1. The van der Waals surface area contributed by atoms with Gasteiger partial charge in [-0.25, -0.2) is 0 Å². The van der Waals surface area contributed by atoms with Crippen molar-refractivity contribution in [3.63, 3.8) is 0 Å². The Hall–Kier alpha value is -0.210. The Balaban J connectivity index is 2.22. The van der Waals surface area contributed by atoms with Gasteiger partial charge in [-0.15, -0.1) is 0 Å². The van der Waals surface area contributed by atoms with E-state index in [4.69, 9.17) is 16.3 Å². The van der Waals surface area contributed by atoms with Crippen molar-refractivity contribution >= 4 is 27.5 Å². The molecule has 0 aliphatic heterocycles. The smallest absolute Gasteiger partial charge is 0.123 e. The van der Waals surface area contributed by atoms with Crippen LogP contribution in [-0.2, 0) is 5.33 Å². The van der Waals surface area contributed by atoms with Crippen LogP contribution in [0.15, 0.2) is 18.2 Å². The largest absolute Gasteiger partial charge is 0.493 e. The molecule has 0 radical (unpaired) electrons. The first kappa shape index (κ1) is 15.8. The van der Waals surface area contributed by atoms with Gasteiger partial charge in [-0.3, -0.25) is 0 Å². The van der Waals surface area contributed by atoms with Crippen molar-refractivity contribution in [2.24, 2.45) is 0 Å². The summed E-state index contributed by atoms with van der Waals surface area (Å²) in [7, 11) is 0. The van der Waals surface area contributed by atoms with Crippen LogP contribution in [0.25, 0.3) is 0 Å². The molecule has 0 amide bonds. The van der Waals surface area contributed by atoms with Crippen LogP contribution in [0.4, 0.5) is 0 Å². The Morgan fingerprint density at radius 3 is 2.56 bits per heavy atom. The lowest BCUT2D eigenvalue weighted by Gasteiger charge is -2.10. The molecule has 1 rings (SSSR count). The zero-order chi connectivity index (χ0) is 13.2. The maximum atomic E-state index is 5.95. The van der Waals surface area contributed by atoms with Crippen molar-refractivity contribution in [2.75, 3.05) is 6.61 Å². The molecule has 0 saturated heterocycles. The number of hydrogen-bond donors (Lipinski definition) is 0. The van der Waals surface area contributed by atoms with E-state index in [-0.39, 0.29) is 0 Å². The Bertz CT molecular complexity index is 341. The van der Waals surface area contributed by atoms with Crippen molar-refractivity contribution in [2.45, 2.75) is 50.8 Å². The molecule has 102 valence electrons. The third-order valence-electron chi connectivity index (χ3n) is 2.92. The SMILES string of the molecule is CCCCCCCCOc1ccc(Cl)cc1CBr. The highest BCUT2D eigenvalue weighted by Gasteiger charge is 2.03. The van der Waals surface area contributed by atoms with E-state index in [0.717, 1.165) is 34.7 Å². The first-order chi connectivity index (χ1) is 8.77. The number of benzene rings is 1. The number of unbranched alkanes of at least 4 members (excludes halogenated alkanes) is 5. The predicted molar refractivity (Wildman–Crippen MR) is 83.0 cm³/mol. The van der Waals surface area contributed by atoms with Gasteiger partial charge in [0.2, 0.25) is 0 Å². The second-order valence-electron chi connectivity index (χ2n) is 4.50. The molecule has 0 saturated carbocycles. The average molecular weight is 334 g/mol.